The van der Waals surface area contributed by atoms with Crippen LogP contribution in [-0.4, -0.2) is 48.2 Å². The van der Waals surface area contributed by atoms with E-state index in [1.165, 1.54) is 10.9 Å². The molecule has 1 fully saturated rings. The number of piperazine rings is 1. The number of pyridine rings is 2. The maximum Gasteiger partial charge on any atom is 0.213 e. The molecule has 4 heterocycles. The predicted molar refractivity (Wildman–Crippen MR) is 126 cm³/mol. The third-order valence-electron chi connectivity index (χ3n) is 6.01. The van der Waals surface area contributed by atoms with Crippen molar-refractivity contribution in [3.05, 3.63) is 59.9 Å². The van der Waals surface area contributed by atoms with E-state index in [0.717, 1.165) is 65.6 Å². The van der Waals surface area contributed by atoms with Gasteiger partial charge in [0.25, 0.3) is 0 Å². The summed E-state index contributed by atoms with van der Waals surface area (Å²) < 4.78 is 5.36. The molecule has 4 aromatic rings. The van der Waals surface area contributed by atoms with Gasteiger partial charge in [-0.3, -0.25) is 0 Å². The van der Waals surface area contributed by atoms with Crippen LogP contribution in [0.15, 0.2) is 48.7 Å². The zero-order valence-electron chi connectivity index (χ0n) is 18.2. The Morgan fingerprint density at radius 1 is 0.935 bits per heavy atom. The highest BCUT2D eigenvalue weighted by Crippen LogP contribution is 2.33. The zero-order valence-corrected chi connectivity index (χ0v) is 18.2. The van der Waals surface area contributed by atoms with Crippen molar-refractivity contribution in [1.82, 2.24) is 20.3 Å². The Morgan fingerprint density at radius 2 is 1.74 bits per heavy atom. The molecule has 5 rings (SSSR count). The van der Waals surface area contributed by atoms with Crippen LogP contribution >= 0.6 is 0 Å². The number of aromatic amines is 1. The van der Waals surface area contributed by atoms with Gasteiger partial charge in [0.05, 0.1) is 7.11 Å². The first-order valence-corrected chi connectivity index (χ1v) is 10.7. The van der Waals surface area contributed by atoms with Crippen LogP contribution in [0, 0.1) is 13.8 Å². The number of aryl methyl sites for hydroxylation is 2. The van der Waals surface area contributed by atoms with Gasteiger partial charge in [-0.25, -0.2) is 9.97 Å². The normalized spacial score (nSPS) is 14.2. The number of nitrogens with zero attached hydrogens (tertiary/aromatic N) is 3. The molecule has 1 saturated heterocycles. The summed E-state index contributed by atoms with van der Waals surface area (Å²) in [7, 11) is 1.65. The van der Waals surface area contributed by atoms with Crippen LogP contribution in [-0.2, 0) is 0 Å². The van der Waals surface area contributed by atoms with Crippen molar-refractivity contribution in [2.75, 3.05) is 38.2 Å². The molecular weight excluding hydrogens is 386 g/mol. The molecule has 0 bridgehead atoms. The zero-order chi connectivity index (χ0) is 21.4. The standard InChI is InChI=1S/C25H27N5O/c1-16-12-20(14-24(28-16)31-3)25-17(2)21-6-4-18(13-22(21)29-25)19-5-7-23(27-15-19)30-10-8-26-9-11-30/h4-7,12-15,26,29H,8-11H2,1-3H3. The van der Waals surface area contributed by atoms with Crippen LogP contribution in [0.25, 0.3) is 33.3 Å². The smallest absolute Gasteiger partial charge is 0.213 e. The molecule has 1 aliphatic rings. The van der Waals surface area contributed by atoms with E-state index in [-0.39, 0.29) is 0 Å². The van der Waals surface area contributed by atoms with Crippen molar-refractivity contribution in [1.29, 1.82) is 0 Å². The van der Waals surface area contributed by atoms with Crippen LogP contribution < -0.4 is 15.0 Å². The number of benzene rings is 1. The monoisotopic (exact) mass is 413 g/mol. The summed E-state index contributed by atoms with van der Waals surface area (Å²) in [4.78, 5) is 15.1. The summed E-state index contributed by atoms with van der Waals surface area (Å²) in [5, 5.41) is 4.60. The lowest BCUT2D eigenvalue weighted by Gasteiger charge is -2.28. The molecule has 0 saturated carbocycles. The first kappa shape index (κ1) is 19.6. The molecule has 0 amide bonds. The Labute approximate surface area is 182 Å². The van der Waals surface area contributed by atoms with E-state index in [0.29, 0.717) is 5.88 Å². The molecule has 3 aromatic heterocycles. The van der Waals surface area contributed by atoms with E-state index in [9.17, 15) is 0 Å². The fraction of sp³-hybridized carbons (Fsp3) is 0.280. The van der Waals surface area contributed by atoms with Gasteiger partial charge in [0.1, 0.15) is 5.82 Å². The highest BCUT2D eigenvalue weighted by Gasteiger charge is 2.14. The Bertz CT molecular complexity index is 1220. The number of aromatic nitrogens is 3. The summed E-state index contributed by atoms with van der Waals surface area (Å²) in [5.41, 5.74) is 7.73. The second kappa shape index (κ2) is 8.04. The van der Waals surface area contributed by atoms with Gasteiger partial charge in [-0.1, -0.05) is 12.1 Å². The number of anilines is 1. The second-order valence-electron chi connectivity index (χ2n) is 8.07. The first-order chi connectivity index (χ1) is 15.1. The Balaban J connectivity index is 1.49. The van der Waals surface area contributed by atoms with Gasteiger partial charge in [0.15, 0.2) is 0 Å². The molecule has 0 unspecified atom stereocenters. The lowest BCUT2D eigenvalue weighted by Crippen LogP contribution is -2.43. The van der Waals surface area contributed by atoms with E-state index < -0.39 is 0 Å². The number of methoxy groups -OCH3 is 1. The van der Waals surface area contributed by atoms with Crippen molar-refractivity contribution in [2.24, 2.45) is 0 Å². The number of fused-ring (bicyclic) bond motifs is 1. The Hall–Kier alpha value is -3.38. The van der Waals surface area contributed by atoms with E-state index in [4.69, 9.17) is 9.72 Å². The lowest BCUT2D eigenvalue weighted by atomic mass is 10.0. The highest BCUT2D eigenvalue weighted by molar-refractivity contribution is 5.93. The molecule has 2 N–H and O–H groups in total. The van der Waals surface area contributed by atoms with Crippen LogP contribution in [0.4, 0.5) is 5.82 Å². The van der Waals surface area contributed by atoms with Crippen molar-refractivity contribution in [2.45, 2.75) is 13.8 Å². The van der Waals surface area contributed by atoms with Gasteiger partial charge in [-0.15, -0.1) is 0 Å². The SMILES string of the molecule is COc1cc(-c2[nH]c3cc(-c4ccc(N5CCNCC5)nc4)ccc3c2C)cc(C)n1. The highest BCUT2D eigenvalue weighted by atomic mass is 16.5. The number of hydrogen-bond acceptors (Lipinski definition) is 5. The summed E-state index contributed by atoms with van der Waals surface area (Å²) in [6.07, 6.45) is 1.98. The number of rotatable bonds is 4. The van der Waals surface area contributed by atoms with E-state index in [1.54, 1.807) is 7.11 Å². The first-order valence-electron chi connectivity index (χ1n) is 10.7. The van der Waals surface area contributed by atoms with Gasteiger partial charge >= 0.3 is 0 Å². The third-order valence-corrected chi connectivity index (χ3v) is 6.01. The Kier molecular flexibility index (Phi) is 5.08. The minimum atomic E-state index is 0.629. The molecule has 31 heavy (non-hydrogen) atoms. The van der Waals surface area contributed by atoms with Crippen molar-refractivity contribution in [3.8, 4) is 28.3 Å². The molecular formula is C25H27N5O. The summed E-state index contributed by atoms with van der Waals surface area (Å²) in [6, 6.07) is 14.9. The van der Waals surface area contributed by atoms with Gasteiger partial charge in [-0.05, 0) is 49.2 Å². The third kappa shape index (κ3) is 3.75. The van der Waals surface area contributed by atoms with Crippen LogP contribution in [0.5, 0.6) is 5.88 Å². The Morgan fingerprint density at radius 3 is 2.48 bits per heavy atom. The molecule has 1 aromatic carbocycles. The van der Waals surface area contributed by atoms with E-state index in [2.05, 4.69) is 63.5 Å². The fourth-order valence-corrected chi connectivity index (χ4v) is 4.33. The fourth-order valence-electron chi connectivity index (χ4n) is 4.33. The topological polar surface area (TPSA) is 66.1 Å². The van der Waals surface area contributed by atoms with Gasteiger partial charge in [0, 0.05) is 71.9 Å². The van der Waals surface area contributed by atoms with Crippen molar-refractivity contribution in [3.63, 3.8) is 0 Å². The van der Waals surface area contributed by atoms with E-state index >= 15 is 0 Å². The van der Waals surface area contributed by atoms with Crippen LogP contribution in [0.3, 0.4) is 0 Å². The van der Waals surface area contributed by atoms with E-state index in [1.807, 2.05) is 19.2 Å². The van der Waals surface area contributed by atoms with Crippen molar-refractivity contribution >= 4 is 16.7 Å². The maximum absolute atomic E-state index is 5.36. The lowest BCUT2D eigenvalue weighted by molar-refractivity contribution is 0.397. The molecule has 0 spiro atoms. The number of hydrogen-bond donors (Lipinski definition) is 2. The molecule has 1 aliphatic heterocycles. The quantitative estimate of drug-likeness (QED) is 0.521. The van der Waals surface area contributed by atoms with Gasteiger partial charge in [-0.2, -0.15) is 0 Å². The molecule has 158 valence electrons. The molecule has 0 aliphatic carbocycles. The number of ether oxygens (including phenoxy) is 1. The van der Waals surface area contributed by atoms with Crippen molar-refractivity contribution < 1.29 is 4.74 Å². The number of H-pyrrole nitrogens is 1. The molecule has 0 radical (unpaired) electrons. The maximum atomic E-state index is 5.36. The molecule has 6 heteroatoms. The molecule has 0 atom stereocenters. The number of nitrogens with one attached hydrogen (secondary N) is 2. The van der Waals surface area contributed by atoms with Gasteiger partial charge in [0.2, 0.25) is 5.88 Å². The molecule has 6 nitrogen and oxygen atoms in total. The summed E-state index contributed by atoms with van der Waals surface area (Å²) in [6.45, 7) is 8.16. The largest absolute Gasteiger partial charge is 0.481 e. The average Bonchev–Trinajstić information content (AvgIpc) is 3.15. The van der Waals surface area contributed by atoms with Gasteiger partial charge < -0.3 is 19.9 Å². The summed E-state index contributed by atoms with van der Waals surface area (Å²) in [5.74, 6) is 1.68. The second-order valence-corrected chi connectivity index (χ2v) is 8.07. The van der Waals surface area contributed by atoms with Crippen LogP contribution in [0.2, 0.25) is 0 Å². The van der Waals surface area contributed by atoms with Crippen LogP contribution in [0.1, 0.15) is 11.3 Å². The average molecular weight is 414 g/mol. The minimum absolute atomic E-state index is 0.629. The predicted octanol–water partition coefficient (Wildman–Crippen LogP) is 4.33. The summed E-state index contributed by atoms with van der Waals surface area (Å²) >= 11 is 0. The minimum Gasteiger partial charge on any atom is -0.481 e.